The highest BCUT2D eigenvalue weighted by Gasteiger charge is 2.40. The summed E-state index contributed by atoms with van der Waals surface area (Å²) < 4.78 is 17.5. The quantitative estimate of drug-likeness (QED) is 0.137. The molecule has 0 saturated carbocycles. The van der Waals surface area contributed by atoms with Crippen LogP contribution in [0.1, 0.15) is 81.1 Å². The maximum absolute atomic E-state index is 9.92. The van der Waals surface area contributed by atoms with Gasteiger partial charge < -0.3 is 40.2 Å². The van der Waals surface area contributed by atoms with Gasteiger partial charge in [0, 0.05) is 83.2 Å². The number of aromatic hydroxyl groups is 3. The van der Waals surface area contributed by atoms with Crippen molar-refractivity contribution in [3.05, 3.63) is 60.7 Å². The summed E-state index contributed by atoms with van der Waals surface area (Å²) in [6.07, 6.45) is 3.74. The van der Waals surface area contributed by atoms with Gasteiger partial charge >= 0.3 is 0 Å². The van der Waals surface area contributed by atoms with E-state index in [-0.39, 0.29) is 51.6 Å². The van der Waals surface area contributed by atoms with E-state index in [4.69, 9.17) is 14.2 Å². The molecule has 2 aliphatic heterocycles. The number of rotatable bonds is 7. The molecule has 0 aliphatic carbocycles. The fraction of sp³-hybridized carbons (Fsp3) is 0.487. The van der Waals surface area contributed by atoms with Crippen LogP contribution < -0.4 is 24.8 Å². The summed E-state index contributed by atoms with van der Waals surface area (Å²) in [5.41, 5.74) is 2.50. The minimum absolute atomic E-state index is 0.00236. The summed E-state index contributed by atoms with van der Waals surface area (Å²) in [4.78, 5) is 0. The molecule has 0 radical (unpaired) electrons. The van der Waals surface area contributed by atoms with Crippen LogP contribution in [0.2, 0.25) is 0 Å². The molecule has 6 rings (SSSR count). The van der Waals surface area contributed by atoms with Gasteiger partial charge in [-0.15, -0.1) is 20.4 Å². The molecule has 12 nitrogen and oxygen atoms in total. The predicted molar refractivity (Wildman–Crippen MR) is 196 cm³/mol. The first-order chi connectivity index (χ1) is 23.8. The highest BCUT2D eigenvalue weighted by molar-refractivity contribution is 5.68. The van der Waals surface area contributed by atoms with Gasteiger partial charge in [-0.05, 0) is 91.8 Å². The monoisotopic (exact) mass is 700 g/mol. The number of methoxy groups -OCH3 is 1. The van der Waals surface area contributed by atoms with E-state index in [1.807, 2.05) is 12.1 Å². The lowest BCUT2D eigenvalue weighted by Gasteiger charge is -2.46. The fourth-order valence-electron chi connectivity index (χ4n) is 7.65. The Hall–Kier alpha value is -4.68. The predicted octanol–water partition coefficient (Wildman–Crippen LogP) is 6.79. The van der Waals surface area contributed by atoms with Crippen LogP contribution in [0.4, 0.5) is 0 Å². The van der Waals surface area contributed by atoms with E-state index in [1.54, 1.807) is 43.5 Å². The number of phenols is 3. The molecule has 0 atom stereocenters. The molecular formula is C39H52N6O6. The van der Waals surface area contributed by atoms with Crippen LogP contribution in [-0.2, 0) is 0 Å². The summed E-state index contributed by atoms with van der Waals surface area (Å²) >= 11 is 0. The summed E-state index contributed by atoms with van der Waals surface area (Å²) in [6.45, 7) is 17.5. The first-order valence-electron chi connectivity index (χ1n) is 17.3. The number of hydrogen-bond donors (Lipinski definition) is 5. The second kappa shape index (κ2) is 14.5. The van der Waals surface area contributed by atoms with Crippen LogP contribution in [0.15, 0.2) is 60.7 Å². The second-order valence-corrected chi connectivity index (χ2v) is 16.2. The molecule has 2 fully saturated rings. The van der Waals surface area contributed by atoms with E-state index < -0.39 is 0 Å². The standard InChI is InChI=1S/C20H27N3O3.C19H25N3O3/c1-19(2)11-14(12-20(3,4)23-19)26-18-9-8-16(21-22-18)15-7-6-13(24)10-17(15)25-5;1-18(2)10-13(11-19(3,4)22-18)25-17-8-7-15(20-21-17)14-6-5-12(23)9-16(14)24/h6-10,14,23-24H,11-12H2,1-5H3;5-9,13,22-24H,10-11H2,1-4H3. The zero-order chi connectivity index (χ0) is 37.2. The Labute approximate surface area is 300 Å². The van der Waals surface area contributed by atoms with Crippen LogP contribution in [0.5, 0.6) is 34.8 Å². The first kappa shape index (κ1) is 37.6. The molecule has 0 spiro atoms. The largest absolute Gasteiger partial charge is 0.508 e. The van der Waals surface area contributed by atoms with Crippen LogP contribution >= 0.6 is 0 Å². The zero-order valence-electron chi connectivity index (χ0n) is 31.1. The lowest BCUT2D eigenvalue weighted by Crippen LogP contribution is -2.60. The normalized spacial score (nSPS) is 19.3. The van der Waals surface area contributed by atoms with Crippen molar-refractivity contribution in [2.24, 2.45) is 0 Å². The molecule has 0 amide bonds. The topological polar surface area (TPSA) is 164 Å². The van der Waals surface area contributed by atoms with Gasteiger partial charge in [0.05, 0.1) is 18.5 Å². The second-order valence-electron chi connectivity index (χ2n) is 16.2. The molecule has 4 aromatic rings. The van der Waals surface area contributed by atoms with Gasteiger partial charge in [-0.3, -0.25) is 0 Å². The van der Waals surface area contributed by atoms with Crippen molar-refractivity contribution < 1.29 is 29.5 Å². The summed E-state index contributed by atoms with van der Waals surface area (Å²) in [7, 11) is 1.56. The van der Waals surface area contributed by atoms with E-state index >= 15 is 0 Å². The molecule has 0 bridgehead atoms. The van der Waals surface area contributed by atoms with Crippen molar-refractivity contribution in [2.75, 3.05) is 7.11 Å². The van der Waals surface area contributed by atoms with E-state index in [0.29, 0.717) is 34.5 Å². The van der Waals surface area contributed by atoms with Crippen molar-refractivity contribution in [1.82, 2.24) is 31.0 Å². The molecule has 2 saturated heterocycles. The van der Waals surface area contributed by atoms with E-state index in [0.717, 1.165) is 31.2 Å². The van der Waals surface area contributed by atoms with E-state index in [1.165, 1.54) is 12.1 Å². The number of hydrogen-bond acceptors (Lipinski definition) is 12. The molecule has 51 heavy (non-hydrogen) atoms. The van der Waals surface area contributed by atoms with Crippen molar-refractivity contribution in [1.29, 1.82) is 0 Å². The molecule has 4 heterocycles. The Morgan fingerprint density at radius 1 is 0.549 bits per heavy atom. The molecule has 0 unspecified atom stereocenters. The Kier molecular flexibility index (Phi) is 10.7. The summed E-state index contributed by atoms with van der Waals surface area (Å²) in [5, 5.41) is 52.9. The average molecular weight is 701 g/mol. The van der Waals surface area contributed by atoms with Gasteiger partial charge in [0.25, 0.3) is 0 Å². The third-order valence-corrected chi connectivity index (χ3v) is 8.88. The van der Waals surface area contributed by atoms with Gasteiger partial charge in [-0.25, -0.2) is 0 Å². The highest BCUT2D eigenvalue weighted by atomic mass is 16.5. The SMILES string of the molecule is CC1(C)CC(Oc2ccc(-c3ccc(O)cc3O)nn2)CC(C)(C)N1.COc1cc(O)ccc1-c1ccc(OC2CC(C)(C)NC(C)(C)C2)nn1. The molecule has 274 valence electrons. The number of ether oxygens (including phenoxy) is 3. The van der Waals surface area contributed by atoms with Gasteiger partial charge in [0.15, 0.2) is 0 Å². The molecule has 2 aromatic carbocycles. The lowest BCUT2D eigenvalue weighted by atomic mass is 9.81. The minimum Gasteiger partial charge on any atom is -0.508 e. The van der Waals surface area contributed by atoms with Crippen LogP contribution in [0.3, 0.4) is 0 Å². The smallest absolute Gasteiger partial charge is 0.233 e. The van der Waals surface area contributed by atoms with Crippen LogP contribution in [0.25, 0.3) is 22.5 Å². The average Bonchev–Trinajstić information content (AvgIpc) is 2.99. The van der Waals surface area contributed by atoms with Crippen LogP contribution in [-0.4, -0.2) is 77.2 Å². The van der Waals surface area contributed by atoms with Gasteiger partial charge in [0.2, 0.25) is 11.8 Å². The molecule has 2 aliphatic rings. The highest BCUT2D eigenvalue weighted by Crippen LogP contribution is 2.35. The van der Waals surface area contributed by atoms with Gasteiger partial charge in [-0.2, -0.15) is 0 Å². The maximum atomic E-state index is 9.92. The van der Waals surface area contributed by atoms with E-state index in [2.05, 4.69) is 86.4 Å². The number of piperidine rings is 2. The van der Waals surface area contributed by atoms with Crippen molar-refractivity contribution in [3.63, 3.8) is 0 Å². The number of benzene rings is 2. The van der Waals surface area contributed by atoms with Gasteiger partial charge in [-0.1, -0.05) is 0 Å². The molecule has 2 aromatic heterocycles. The minimum atomic E-state index is -0.0372. The maximum Gasteiger partial charge on any atom is 0.233 e. The van der Waals surface area contributed by atoms with E-state index in [9.17, 15) is 15.3 Å². The lowest BCUT2D eigenvalue weighted by molar-refractivity contribution is 0.0518. The van der Waals surface area contributed by atoms with Crippen molar-refractivity contribution in [3.8, 4) is 57.3 Å². The summed E-state index contributed by atoms with van der Waals surface area (Å²) in [5.74, 6) is 1.66. The Bertz CT molecular complexity index is 1760. The van der Waals surface area contributed by atoms with Crippen molar-refractivity contribution >= 4 is 0 Å². The van der Waals surface area contributed by atoms with Crippen molar-refractivity contribution in [2.45, 2.75) is 115 Å². The number of nitrogens with zero attached hydrogens (tertiary/aromatic N) is 4. The fourth-order valence-corrected chi connectivity index (χ4v) is 7.65. The third kappa shape index (κ3) is 10.2. The Morgan fingerprint density at radius 3 is 1.35 bits per heavy atom. The number of nitrogens with one attached hydrogen (secondary N) is 2. The number of aromatic nitrogens is 4. The number of phenolic OH excluding ortho intramolecular Hbond substituents is 3. The first-order valence-corrected chi connectivity index (χ1v) is 17.3. The Morgan fingerprint density at radius 2 is 0.961 bits per heavy atom. The summed E-state index contributed by atoms with van der Waals surface area (Å²) in [6, 6.07) is 16.5. The zero-order valence-corrected chi connectivity index (χ0v) is 31.1. The third-order valence-electron chi connectivity index (χ3n) is 8.88. The molecule has 5 N–H and O–H groups in total. The molecule has 12 heteroatoms. The Balaban J connectivity index is 0.000000198. The van der Waals surface area contributed by atoms with Crippen LogP contribution in [0, 0.1) is 0 Å². The van der Waals surface area contributed by atoms with Gasteiger partial charge in [0.1, 0.15) is 35.2 Å². The molecular weight excluding hydrogens is 648 g/mol.